The van der Waals surface area contributed by atoms with Gasteiger partial charge in [0.2, 0.25) is 11.8 Å². The summed E-state index contributed by atoms with van der Waals surface area (Å²) >= 11 is 3.44. The van der Waals surface area contributed by atoms with Crippen molar-refractivity contribution in [2.45, 2.75) is 12.3 Å². The molecule has 0 N–H and O–H groups in total. The Kier molecular flexibility index (Phi) is 3.65. The molecule has 2 unspecified atom stereocenters. The first-order valence-corrected chi connectivity index (χ1v) is 10.1. The molecule has 5 rings (SSSR count). The molecule has 1 aliphatic heterocycles. The van der Waals surface area contributed by atoms with Crippen molar-refractivity contribution >= 4 is 33.4 Å². The van der Waals surface area contributed by atoms with Gasteiger partial charge in [-0.2, -0.15) is 0 Å². The summed E-state index contributed by atoms with van der Waals surface area (Å²) in [6.07, 6.45) is 0. The SMILES string of the molecule is CC12C(=O)N(c3cccc(Br)c3)C(=O)C1C2(c1ccccc1)c1ccccc1. The van der Waals surface area contributed by atoms with E-state index in [4.69, 9.17) is 0 Å². The van der Waals surface area contributed by atoms with Crippen LogP contribution in [0.3, 0.4) is 0 Å². The predicted octanol–water partition coefficient (Wildman–Crippen LogP) is 4.94. The van der Waals surface area contributed by atoms with Gasteiger partial charge >= 0.3 is 0 Å². The summed E-state index contributed by atoms with van der Waals surface area (Å²) in [7, 11) is 0. The maximum atomic E-state index is 13.6. The zero-order valence-electron chi connectivity index (χ0n) is 15.3. The van der Waals surface area contributed by atoms with E-state index < -0.39 is 16.7 Å². The molecular weight excluding hydrogens is 414 g/mol. The fraction of sp³-hybridized carbons (Fsp3) is 0.167. The van der Waals surface area contributed by atoms with Gasteiger partial charge < -0.3 is 0 Å². The van der Waals surface area contributed by atoms with E-state index >= 15 is 0 Å². The molecule has 0 radical (unpaired) electrons. The van der Waals surface area contributed by atoms with Crippen LogP contribution in [-0.2, 0) is 15.0 Å². The third-order valence-electron chi connectivity index (χ3n) is 6.39. The van der Waals surface area contributed by atoms with Crippen LogP contribution in [0.5, 0.6) is 0 Å². The maximum absolute atomic E-state index is 13.6. The molecule has 3 aromatic carbocycles. The van der Waals surface area contributed by atoms with Crippen LogP contribution in [0, 0.1) is 11.3 Å². The third kappa shape index (κ3) is 1.99. The molecule has 0 aromatic heterocycles. The van der Waals surface area contributed by atoms with E-state index in [1.54, 1.807) is 6.07 Å². The molecule has 1 saturated carbocycles. The number of hydrogen-bond donors (Lipinski definition) is 0. The molecule has 0 spiro atoms. The Labute approximate surface area is 172 Å². The standard InChI is InChI=1S/C24H18BrNO2/c1-23-20(21(27)26(22(23)28)19-14-8-13-18(25)15-19)24(23,16-9-4-2-5-10-16)17-11-6-3-7-12-17/h2-15,20H,1H3. The van der Waals surface area contributed by atoms with E-state index in [-0.39, 0.29) is 11.8 Å². The molecule has 1 heterocycles. The Morgan fingerprint density at radius 2 is 1.39 bits per heavy atom. The molecule has 2 aliphatic rings. The highest BCUT2D eigenvalue weighted by molar-refractivity contribution is 9.10. The number of amides is 2. The quantitative estimate of drug-likeness (QED) is 0.550. The van der Waals surface area contributed by atoms with Crippen LogP contribution in [0.1, 0.15) is 18.1 Å². The molecule has 3 aromatic rings. The molecule has 2 fully saturated rings. The summed E-state index contributed by atoms with van der Waals surface area (Å²) in [6.45, 7) is 1.94. The van der Waals surface area contributed by atoms with Crippen LogP contribution in [-0.4, -0.2) is 11.8 Å². The van der Waals surface area contributed by atoms with Crippen LogP contribution in [0.2, 0.25) is 0 Å². The second kappa shape index (κ2) is 5.89. The first-order chi connectivity index (χ1) is 13.5. The summed E-state index contributed by atoms with van der Waals surface area (Å²) in [4.78, 5) is 28.5. The Bertz CT molecular complexity index is 1060. The highest BCUT2D eigenvalue weighted by atomic mass is 79.9. The van der Waals surface area contributed by atoms with Crippen molar-refractivity contribution < 1.29 is 9.59 Å². The first-order valence-electron chi connectivity index (χ1n) is 9.28. The molecule has 2 amide bonds. The summed E-state index contributed by atoms with van der Waals surface area (Å²) < 4.78 is 0.841. The van der Waals surface area contributed by atoms with Crippen LogP contribution in [0.4, 0.5) is 5.69 Å². The number of imide groups is 1. The lowest BCUT2D eigenvalue weighted by Crippen LogP contribution is -2.42. The normalized spacial score (nSPS) is 24.9. The molecule has 1 saturated heterocycles. The van der Waals surface area contributed by atoms with Gasteiger partial charge in [-0.05, 0) is 36.2 Å². The lowest BCUT2D eigenvalue weighted by Gasteiger charge is -2.29. The van der Waals surface area contributed by atoms with Crippen molar-refractivity contribution in [1.29, 1.82) is 0 Å². The minimum atomic E-state index is -0.797. The van der Waals surface area contributed by atoms with Gasteiger partial charge in [-0.25, -0.2) is 4.90 Å². The Hall–Kier alpha value is -2.72. The van der Waals surface area contributed by atoms with Crippen LogP contribution in [0.25, 0.3) is 0 Å². The van der Waals surface area contributed by atoms with Crippen molar-refractivity contribution in [3.63, 3.8) is 0 Å². The Balaban J connectivity index is 1.68. The van der Waals surface area contributed by atoms with E-state index in [0.29, 0.717) is 5.69 Å². The minimum absolute atomic E-state index is 0.127. The number of nitrogens with zero attached hydrogens (tertiary/aromatic N) is 1. The van der Waals surface area contributed by atoms with Gasteiger partial charge in [0, 0.05) is 9.89 Å². The number of piperidine rings is 1. The number of hydrogen-bond acceptors (Lipinski definition) is 2. The molecule has 4 heteroatoms. The molecule has 1 aliphatic carbocycles. The average Bonchev–Trinajstić information content (AvgIpc) is 3.24. The fourth-order valence-corrected chi connectivity index (χ4v) is 5.55. The monoisotopic (exact) mass is 431 g/mol. The predicted molar refractivity (Wildman–Crippen MR) is 112 cm³/mol. The topological polar surface area (TPSA) is 37.4 Å². The smallest absolute Gasteiger partial charge is 0.241 e. The van der Waals surface area contributed by atoms with E-state index in [9.17, 15) is 9.59 Å². The molecular formula is C24H18BrNO2. The number of fused-ring (bicyclic) bond motifs is 1. The Morgan fingerprint density at radius 1 is 0.821 bits per heavy atom. The van der Waals surface area contributed by atoms with Crippen molar-refractivity contribution in [2.24, 2.45) is 11.3 Å². The number of rotatable bonds is 3. The van der Waals surface area contributed by atoms with Gasteiger partial charge in [-0.15, -0.1) is 0 Å². The largest absolute Gasteiger partial charge is 0.274 e. The molecule has 3 nitrogen and oxygen atoms in total. The van der Waals surface area contributed by atoms with Gasteiger partial charge in [-0.1, -0.05) is 82.7 Å². The lowest BCUT2D eigenvalue weighted by atomic mass is 9.79. The highest BCUT2D eigenvalue weighted by Crippen LogP contribution is 2.76. The van der Waals surface area contributed by atoms with E-state index in [1.807, 2.05) is 85.8 Å². The van der Waals surface area contributed by atoms with Crippen LogP contribution >= 0.6 is 15.9 Å². The van der Waals surface area contributed by atoms with Crippen molar-refractivity contribution in [1.82, 2.24) is 0 Å². The van der Waals surface area contributed by atoms with Gasteiger partial charge in [-0.3, -0.25) is 9.59 Å². The minimum Gasteiger partial charge on any atom is -0.274 e. The molecule has 0 bridgehead atoms. The van der Waals surface area contributed by atoms with E-state index in [1.165, 1.54) is 4.90 Å². The zero-order valence-corrected chi connectivity index (χ0v) is 16.9. The number of benzene rings is 3. The number of halogens is 1. The molecule has 28 heavy (non-hydrogen) atoms. The maximum Gasteiger partial charge on any atom is 0.241 e. The van der Waals surface area contributed by atoms with Gasteiger partial charge in [0.25, 0.3) is 0 Å². The number of anilines is 1. The average molecular weight is 432 g/mol. The van der Waals surface area contributed by atoms with E-state index in [0.717, 1.165) is 15.6 Å². The third-order valence-corrected chi connectivity index (χ3v) is 6.88. The van der Waals surface area contributed by atoms with Crippen molar-refractivity contribution in [2.75, 3.05) is 4.90 Å². The van der Waals surface area contributed by atoms with Gasteiger partial charge in [0.15, 0.2) is 0 Å². The first kappa shape index (κ1) is 17.4. The summed E-state index contributed by atoms with van der Waals surface area (Å²) in [5, 5.41) is 0. The second-order valence-electron chi connectivity index (χ2n) is 7.63. The van der Waals surface area contributed by atoms with Gasteiger partial charge in [0.1, 0.15) is 0 Å². The van der Waals surface area contributed by atoms with Crippen molar-refractivity contribution in [3.8, 4) is 0 Å². The van der Waals surface area contributed by atoms with Crippen LogP contribution < -0.4 is 4.90 Å². The Morgan fingerprint density at radius 3 is 1.86 bits per heavy atom. The number of carbonyl (C=O) groups excluding carboxylic acids is 2. The summed E-state index contributed by atoms with van der Waals surface area (Å²) in [5.74, 6) is -0.664. The second-order valence-corrected chi connectivity index (χ2v) is 8.55. The van der Waals surface area contributed by atoms with Crippen LogP contribution in [0.15, 0.2) is 89.4 Å². The lowest BCUT2D eigenvalue weighted by molar-refractivity contribution is -0.125. The van der Waals surface area contributed by atoms with E-state index in [2.05, 4.69) is 15.9 Å². The highest BCUT2D eigenvalue weighted by Gasteiger charge is 2.86. The molecule has 2 atom stereocenters. The summed E-state index contributed by atoms with van der Waals surface area (Å²) in [5.41, 5.74) is 1.24. The molecule has 138 valence electrons. The summed E-state index contributed by atoms with van der Waals surface area (Å²) in [6, 6.07) is 27.3. The number of carbonyl (C=O) groups is 2. The fourth-order valence-electron chi connectivity index (χ4n) is 5.17. The zero-order chi connectivity index (χ0) is 19.5. The van der Waals surface area contributed by atoms with Gasteiger partial charge in [0.05, 0.1) is 17.0 Å². The van der Waals surface area contributed by atoms with Crippen molar-refractivity contribution in [3.05, 3.63) is 101 Å².